The monoisotopic (exact) mass is 197 g/mol. The third kappa shape index (κ3) is 1.96. The van der Waals surface area contributed by atoms with Crippen LogP contribution in [0.3, 0.4) is 0 Å². The first kappa shape index (κ1) is 10.4. The van der Waals surface area contributed by atoms with Gasteiger partial charge in [0, 0.05) is 5.54 Å². The van der Waals surface area contributed by atoms with Crippen molar-refractivity contribution in [3.05, 3.63) is 0 Å². The van der Waals surface area contributed by atoms with Crippen molar-refractivity contribution in [2.45, 2.75) is 57.6 Å². The molecule has 2 nitrogen and oxygen atoms in total. The number of piperidine rings is 1. The maximum Gasteiger partial charge on any atom is 0.0746 e. The van der Waals surface area contributed by atoms with E-state index in [1.54, 1.807) is 0 Å². The van der Waals surface area contributed by atoms with Crippen molar-refractivity contribution < 1.29 is 5.11 Å². The van der Waals surface area contributed by atoms with Gasteiger partial charge in [-0.3, -0.25) is 4.90 Å². The van der Waals surface area contributed by atoms with E-state index in [9.17, 15) is 5.11 Å². The molecule has 1 aliphatic carbocycles. The number of aliphatic hydroxyl groups is 1. The van der Waals surface area contributed by atoms with Gasteiger partial charge in [0.2, 0.25) is 0 Å². The lowest BCUT2D eigenvalue weighted by molar-refractivity contribution is -0.0302. The molecule has 82 valence electrons. The Morgan fingerprint density at radius 1 is 1.14 bits per heavy atom. The summed E-state index contributed by atoms with van der Waals surface area (Å²) in [7, 11) is 0. The van der Waals surface area contributed by atoms with Crippen LogP contribution in [0.4, 0.5) is 0 Å². The van der Waals surface area contributed by atoms with Crippen LogP contribution >= 0.6 is 0 Å². The van der Waals surface area contributed by atoms with Crippen molar-refractivity contribution in [1.82, 2.24) is 4.90 Å². The van der Waals surface area contributed by atoms with Crippen LogP contribution in [0, 0.1) is 5.92 Å². The van der Waals surface area contributed by atoms with Gasteiger partial charge in [-0.1, -0.05) is 6.42 Å². The molecule has 1 saturated carbocycles. The summed E-state index contributed by atoms with van der Waals surface area (Å²) in [4.78, 5) is 2.49. The third-order valence-electron chi connectivity index (χ3n) is 3.96. The van der Waals surface area contributed by atoms with Crippen molar-refractivity contribution in [2.24, 2.45) is 5.92 Å². The Morgan fingerprint density at radius 2 is 1.71 bits per heavy atom. The van der Waals surface area contributed by atoms with E-state index in [1.807, 2.05) is 0 Å². The zero-order valence-electron chi connectivity index (χ0n) is 9.50. The van der Waals surface area contributed by atoms with Crippen LogP contribution < -0.4 is 0 Å². The number of nitrogens with zero attached hydrogens (tertiary/aromatic N) is 1. The molecule has 1 N–H and O–H groups in total. The summed E-state index contributed by atoms with van der Waals surface area (Å²) in [5.41, 5.74) is 0.00157. The van der Waals surface area contributed by atoms with Crippen LogP contribution in [-0.4, -0.2) is 34.7 Å². The highest BCUT2D eigenvalue weighted by Crippen LogP contribution is 2.39. The van der Waals surface area contributed by atoms with Gasteiger partial charge in [0.15, 0.2) is 0 Å². The van der Waals surface area contributed by atoms with E-state index in [4.69, 9.17) is 0 Å². The molecule has 2 aliphatic rings. The van der Waals surface area contributed by atoms with Crippen molar-refractivity contribution in [3.8, 4) is 0 Å². The van der Waals surface area contributed by atoms with Gasteiger partial charge in [0.25, 0.3) is 0 Å². The van der Waals surface area contributed by atoms with E-state index < -0.39 is 0 Å². The molecule has 1 unspecified atom stereocenters. The molecule has 0 spiro atoms. The van der Waals surface area contributed by atoms with Gasteiger partial charge < -0.3 is 5.11 Å². The van der Waals surface area contributed by atoms with E-state index in [0.717, 1.165) is 0 Å². The van der Waals surface area contributed by atoms with Crippen LogP contribution in [0.5, 0.6) is 0 Å². The Kier molecular flexibility index (Phi) is 2.85. The van der Waals surface area contributed by atoms with Crippen LogP contribution in [0.15, 0.2) is 0 Å². The quantitative estimate of drug-likeness (QED) is 0.748. The molecule has 1 saturated heterocycles. The zero-order chi connectivity index (χ0) is 10.2. The Balaban J connectivity index is 1.97. The Hall–Kier alpha value is -0.0800. The summed E-state index contributed by atoms with van der Waals surface area (Å²) in [5, 5.41) is 10.2. The number of hydrogen-bond acceptors (Lipinski definition) is 2. The van der Waals surface area contributed by atoms with Crippen LogP contribution in [0.1, 0.15) is 46.0 Å². The molecular formula is C12H23NO. The Labute approximate surface area is 87.3 Å². The largest absolute Gasteiger partial charge is 0.391 e. The minimum atomic E-state index is -0.111. The second-order valence-electron chi connectivity index (χ2n) is 5.48. The van der Waals surface area contributed by atoms with Crippen LogP contribution in [0.2, 0.25) is 0 Å². The first-order chi connectivity index (χ1) is 6.62. The molecule has 2 rings (SSSR count). The number of hydrogen-bond donors (Lipinski definition) is 1. The lowest BCUT2D eigenvalue weighted by Crippen LogP contribution is -2.54. The molecule has 0 amide bonds. The molecule has 1 aliphatic heterocycles. The minimum Gasteiger partial charge on any atom is -0.391 e. The predicted octanol–water partition coefficient (Wildman–Crippen LogP) is 2.02. The van der Waals surface area contributed by atoms with Gasteiger partial charge in [0.05, 0.1) is 6.10 Å². The van der Waals surface area contributed by atoms with Gasteiger partial charge in [-0.05, 0) is 58.5 Å². The number of aliphatic hydroxyl groups excluding tert-OH is 1. The molecule has 0 bridgehead atoms. The van der Waals surface area contributed by atoms with Gasteiger partial charge >= 0.3 is 0 Å². The highest BCUT2D eigenvalue weighted by molar-refractivity contribution is 4.97. The summed E-state index contributed by atoms with van der Waals surface area (Å²) in [6.07, 6.45) is 6.34. The highest BCUT2D eigenvalue weighted by atomic mass is 16.3. The van der Waals surface area contributed by atoms with E-state index >= 15 is 0 Å². The maximum atomic E-state index is 10.2. The summed E-state index contributed by atoms with van der Waals surface area (Å²) >= 11 is 0. The predicted molar refractivity (Wildman–Crippen MR) is 58.2 cm³/mol. The van der Waals surface area contributed by atoms with Crippen LogP contribution in [-0.2, 0) is 0 Å². The average Bonchev–Trinajstić information content (AvgIpc) is 3.01. The zero-order valence-corrected chi connectivity index (χ0v) is 9.50. The van der Waals surface area contributed by atoms with E-state index in [-0.39, 0.29) is 11.6 Å². The average molecular weight is 197 g/mol. The van der Waals surface area contributed by atoms with Gasteiger partial charge in [-0.15, -0.1) is 0 Å². The van der Waals surface area contributed by atoms with E-state index in [2.05, 4.69) is 18.7 Å². The fraction of sp³-hybridized carbons (Fsp3) is 1.00. The molecule has 2 fully saturated rings. The van der Waals surface area contributed by atoms with E-state index in [0.29, 0.717) is 5.92 Å². The van der Waals surface area contributed by atoms with Crippen LogP contribution in [0.25, 0.3) is 0 Å². The summed E-state index contributed by atoms with van der Waals surface area (Å²) < 4.78 is 0. The molecule has 1 atom stereocenters. The van der Waals surface area contributed by atoms with Gasteiger partial charge in [-0.25, -0.2) is 0 Å². The molecule has 0 radical (unpaired) electrons. The fourth-order valence-corrected chi connectivity index (χ4v) is 2.65. The van der Waals surface area contributed by atoms with Crippen molar-refractivity contribution in [2.75, 3.05) is 13.1 Å². The van der Waals surface area contributed by atoms with Crippen molar-refractivity contribution in [3.63, 3.8) is 0 Å². The van der Waals surface area contributed by atoms with Crippen molar-refractivity contribution >= 4 is 0 Å². The first-order valence-corrected chi connectivity index (χ1v) is 6.05. The summed E-state index contributed by atoms with van der Waals surface area (Å²) in [6, 6.07) is 0. The molecule has 0 aromatic carbocycles. The second kappa shape index (κ2) is 3.82. The topological polar surface area (TPSA) is 23.5 Å². The molecular weight excluding hydrogens is 174 g/mol. The fourth-order valence-electron chi connectivity index (χ4n) is 2.65. The third-order valence-corrected chi connectivity index (χ3v) is 3.96. The Morgan fingerprint density at radius 3 is 2.21 bits per heavy atom. The minimum absolute atomic E-state index is 0.00157. The first-order valence-electron chi connectivity index (χ1n) is 6.05. The molecule has 0 aromatic heterocycles. The number of rotatable bonds is 3. The van der Waals surface area contributed by atoms with Gasteiger partial charge in [0.1, 0.15) is 0 Å². The van der Waals surface area contributed by atoms with Gasteiger partial charge in [-0.2, -0.15) is 0 Å². The standard InChI is InChI=1S/C12H23NO/c1-12(2,11(14)10-6-7-10)13-8-4-3-5-9-13/h10-11,14H,3-9H2,1-2H3. The lowest BCUT2D eigenvalue weighted by atomic mass is 9.89. The van der Waals surface area contributed by atoms with E-state index in [1.165, 1.54) is 45.2 Å². The molecule has 1 heterocycles. The molecule has 14 heavy (non-hydrogen) atoms. The number of likely N-dealkylation sites (tertiary alicyclic amines) is 1. The Bertz CT molecular complexity index is 192. The van der Waals surface area contributed by atoms with Crippen molar-refractivity contribution in [1.29, 1.82) is 0 Å². The smallest absolute Gasteiger partial charge is 0.0746 e. The molecule has 2 heteroatoms. The summed E-state index contributed by atoms with van der Waals surface area (Å²) in [6.45, 7) is 6.77. The SMILES string of the molecule is CC(C)(C(O)C1CC1)N1CCCCC1. The maximum absolute atomic E-state index is 10.2. The molecule has 0 aromatic rings. The summed E-state index contributed by atoms with van der Waals surface area (Å²) in [5.74, 6) is 0.590. The highest BCUT2D eigenvalue weighted by Gasteiger charge is 2.43. The second-order valence-corrected chi connectivity index (χ2v) is 5.48. The normalized spacial score (nSPS) is 27.6. The lowest BCUT2D eigenvalue weighted by Gasteiger charge is -2.44.